The molecule has 2 aromatic carbocycles. The highest BCUT2D eigenvalue weighted by Gasteiger charge is 2.25. The van der Waals surface area contributed by atoms with E-state index in [2.05, 4.69) is 79.3 Å². The minimum atomic E-state index is 0.0574. The maximum atomic E-state index is 4.80. The van der Waals surface area contributed by atoms with E-state index >= 15 is 0 Å². The Morgan fingerprint density at radius 3 is 2.62 bits per heavy atom. The summed E-state index contributed by atoms with van der Waals surface area (Å²) in [6.07, 6.45) is 5.89. The summed E-state index contributed by atoms with van der Waals surface area (Å²) in [4.78, 5) is 9.06. The van der Waals surface area contributed by atoms with E-state index in [9.17, 15) is 0 Å². The summed E-state index contributed by atoms with van der Waals surface area (Å²) in [7, 11) is 0. The largest absolute Gasteiger partial charge is 0.325 e. The van der Waals surface area contributed by atoms with Crippen LogP contribution in [0.15, 0.2) is 83.6 Å². The number of benzene rings is 2. The molecule has 3 heterocycles. The molecule has 1 aliphatic rings. The topological polar surface area (TPSA) is 42.7 Å². The quantitative estimate of drug-likeness (QED) is 0.497. The van der Waals surface area contributed by atoms with Gasteiger partial charge < -0.3 is 5.32 Å². The first-order valence-corrected chi connectivity index (χ1v) is 9.20. The summed E-state index contributed by atoms with van der Waals surface area (Å²) in [6.45, 7) is 0. The van der Waals surface area contributed by atoms with Crippen LogP contribution in [0.4, 0.5) is 5.95 Å². The number of pyridine rings is 1. The Kier molecular flexibility index (Phi) is 3.60. The number of hydrogen-bond donors (Lipinski definition) is 1. The van der Waals surface area contributed by atoms with Gasteiger partial charge in [0, 0.05) is 28.1 Å². The van der Waals surface area contributed by atoms with Crippen LogP contribution in [-0.4, -0.2) is 14.5 Å². The van der Waals surface area contributed by atoms with Crippen molar-refractivity contribution in [3.05, 3.63) is 94.7 Å². The Labute approximate surface area is 159 Å². The second kappa shape index (κ2) is 6.11. The third-order valence-corrected chi connectivity index (χ3v) is 5.16. The molecule has 4 nitrogen and oxygen atoms in total. The lowest BCUT2D eigenvalue weighted by molar-refractivity contribution is 0.720. The standard InChI is InChI=1S/C21H15BrN4/c22-16-9-7-14(8-10-16)20-12-18(15-4-3-11-23-13-15)25-21-24-17-5-1-2-6-19(17)26(20)21/h1-13,20H,(H,24,25)/t20-/m1/s1. The molecule has 1 N–H and O–H groups in total. The van der Waals surface area contributed by atoms with Crippen molar-refractivity contribution in [1.29, 1.82) is 0 Å². The zero-order valence-corrected chi connectivity index (χ0v) is 15.4. The zero-order chi connectivity index (χ0) is 17.5. The predicted octanol–water partition coefficient (Wildman–Crippen LogP) is 5.25. The first-order chi connectivity index (χ1) is 12.8. The van der Waals surface area contributed by atoms with Crippen molar-refractivity contribution in [2.24, 2.45) is 0 Å². The molecule has 26 heavy (non-hydrogen) atoms. The van der Waals surface area contributed by atoms with Crippen molar-refractivity contribution in [2.45, 2.75) is 6.04 Å². The van der Waals surface area contributed by atoms with Crippen molar-refractivity contribution >= 4 is 38.6 Å². The van der Waals surface area contributed by atoms with Gasteiger partial charge in [-0.3, -0.25) is 9.55 Å². The third kappa shape index (κ3) is 2.52. The van der Waals surface area contributed by atoms with Gasteiger partial charge in [0.15, 0.2) is 0 Å². The minimum absolute atomic E-state index is 0.0574. The molecule has 0 unspecified atom stereocenters. The Morgan fingerprint density at radius 2 is 1.81 bits per heavy atom. The lowest BCUT2D eigenvalue weighted by Gasteiger charge is -2.26. The van der Waals surface area contributed by atoms with Crippen molar-refractivity contribution in [1.82, 2.24) is 14.5 Å². The second-order valence-corrected chi connectivity index (χ2v) is 7.15. The molecule has 0 bridgehead atoms. The molecule has 0 amide bonds. The van der Waals surface area contributed by atoms with Crippen molar-refractivity contribution < 1.29 is 0 Å². The number of nitrogens with one attached hydrogen (secondary N) is 1. The molecule has 126 valence electrons. The van der Waals surface area contributed by atoms with Gasteiger partial charge in [0.1, 0.15) is 0 Å². The fourth-order valence-corrected chi connectivity index (χ4v) is 3.67. The van der Waals surface area contributed by atoms with Crippen LogP contribution in [-0.2, 0) is 0 Å². The van der Waals surface area contributed by atoms with Gasteiger partial charge in [-0.2, -0.15) is 0 Å². The van der Waals surface area contributed by atoms with Gasteiger partial charge in [0.2, 0.25) is 5.95 Å². The maximum absolute atomic E-state index is 4.80. The molecule has 4 aromatic rings. The number of fused-ring (bicyclic) bond motifs is 3. The minimum Gasteiger partial charge on any atom is -0.325 e. The summed E-state index contributed by atoms with van der Waals surface area (Å²) in [5, 5.41) is 3.48. The Hall–Kier alpha value is -2.92. The molecule has 0 fully saturated rings. The molecule has 1 atom stereocenters. The summed E-state index contributed by atoms with van der Waals surface area (Å²) in [5.74, 6) is 0.848. The van der Waals surface area contributed by atoms with Gasteiger partial charge in [-0.15, -0.1) is 0 Å². The molecule has 1 aliphatic heterocycles. The van der Waals surface area contributed by atoms with Gasteiger partial charge in [-0.05, 0) is 48.0 Å². The number of para-hydroxylation sites is 2. The van der Waals surface area contributed by atoms with Crippen LogP contribution in [0.3, 0.4) is 0 Å². The van der Waals surface area contributed by atoms with Crippen LogP contribution in [0.1, 0.15) is 17.2 Å². The monoisotopic (exact) mass is 402 g/mol. The van der Waals surface area contributed by atoms with Crippen molar-refractivity contribution in [3.63, 3.8) is 0 Å². The molecular formula is C21H15BrN4. The summed E-state index contributed by atoms with van der Waals surface area (Å²) in [6, 6.07) is 20.7. The normalized spacial score (nSPS) is 16.0. The lowest BCUT2D eigenvalue weighted by atomic mass is 10.0. The van der Waals surface area contributed by atoms with E-state index in [0.717, 1.165) is 32.7 Å². The number of halogens is 1. The molecule has 5 heteroatoms. The number of allylic oxidation sites excluding steroid dienone is 1. The summed E-state index contributed by atoms with van der Waals surface area (Å²) >= 11 is 3.53. The molecule has 0 saturated carbocycles. The number of imidazole rings is 1. The van der Waals surface area contributed by atoms with Gasteiger partial charge in [-0.1, -0.05) is 40.2 Å². The number of aromatic nitrogens is 3. The molecular weight excluding hydrogens is 388 g/mol. The molecule has 0 saturated heterocycles. The van der Waals surface area contributed by atoms with Gasteiger partial charge >= 0.3 is 0 Å². The fourth-order valence-electron chi connectivity index (χ4n) is 3.40. The average molecular weight is 403 g/mol. The molecule has 0 spiro atoms. The summed E-state index contributed by atoms with van der Waals surface area (Å²) in [5.41, 5.74) is 5.38. The summed E-state index contributed by atoms with van der Waals surface area (Å²) < 4.78 is 3.32. The van der Waals surface area contributed by atoms with Gasteiger partial charge in [0.05, 0.1) is 17.1 Å². The first kappa shape index (κ1) is 15.3. The van der Waals surface area contributed by atoms with Gasteiger partial charge in [-0.25, -0.2) is 4.98 Å². The van der Waals surface area contributed by atoms with Crippen LogP contribution in [0, 0.1) is 0 Å². The number of hydrogen-bond acceptors (Lipinski definition) is 3. The lowest BCUT2D eigenvalue weighted by Crippen LogP contribution is -2.19. The first-order valence-electron chi connectivity index (χ1n) is 8.41. The van der Waals surface area contributed by atoms with E-state index in [4.69, 9.17) is 4.98 Å². The molecule has 0 radical (unpaired) electrons. The highest BCUT2D eigenvalue weighted by Crippen LogP contribution is 2.36. The van der Waals surface area contributed by atoms with E-state index in [0.29, 0.717) is 0 Å². The second-order valence-electron chi connectivity index (χ2n) is 6.24. The Balaban J connectivity index is 1.73. The van der Waals surface area contributed by atoms with E-state index < -0.39 is 0 Å². The molecule has 2 aromatic heterocycles. The van der Waals surface area contributed by atoms with Crippen LogP contribution >= 0.6 is 15.9 Å². The predicted molar refractivity (Wildman–Crippen MR) is 108 cm³/mol. The molecule has 0 aliphatic carbocycles. The number of anilines is 1. The van der Waals surface area contributed by atoms with E-state index in [1.54, 1.807) is 6.20 Å². The SMILES string of the molecule is Brc1ccc([C@H]2C=C(c3cccnc3)Nc3nc4ccccc4n32)cc1. The van der Waals surface area contributed by atoms with Crippen molar-refractivity contribution in [3.8, 4) is 0 Å². The Bertz CT molecular complexity index is 1110. The van der Waals surface area contributed by atoms with E-state index in [-0.39, 0.29) is 6.04 Å². The zero-order valence-electron chi connectivity index (χ0n) is 13.8. The highest BCUT2D eigenvalue weighted by atomic mass is 79.9. The van der Waals surface area contributed by atoms with E-state index in [1.807, 2.05) is 24.4 Å². The average Bonchev–Trinajstić information content (AvgIpc) is 3.07. The van der Waals surface area contributed by atoms with E-state index in [1.165, 1.54) is 5.56 Å². The maximum Gasteiger partial charge on any atom is 0.209 e. The highest BCUT2D eigenvalue weighted by molar-refractivity contribution is 9.10. The van der Waals surface area contributed by atoms with Crippen molar-refractivity contribution in [2.75, 3.05) is 5.32 Å². The third-order valence-electron chi connectivity index (χ3n) is 4.63. The smallest absolute Gasteiger partial charge is 0.209 e. The fraction of sp³-hybridized carbons (Fsp3) is 0.0476. The Morgan fingerprint density at radius 1 is 0.962 bits per heavy atom. The molecule has 5 rings (SSSR count). The van der Waals surface area contributed by atoms with Crippen LogP contribution in [0.5, 0.6) is 0 Å². The van der Waals surface area contributed by atoms with Crippen LogP contribution in [0.2, 0.25) is 0 Å². The van der Waals surface area contributed by atoms with Gasteiger partial charge in [0.25, 0.3) is 0 Å². The van der Waals surface area contributed by atoms with Crippen LogP contribution in [0.25, 0.3) is 16.7 Å². The number of nitrogens with zero attached hydrogens (tertiary/aromatic N) is 3. The number of rotatable bonds is 2. The van der Waals surface area contributed by atoms with Crippen LogP contribution < -0.4 is 5.32 Å².